The molecule has 6 rings (SSSR count). The molecule has 3 aliphatic rings. The zero-order valence-corrected chi connectivity index (χ0v) is 21.2. The molecule has 2 fully saturated rings. The van der Waals surface area contributed by atoms with Gasteiger partial charge in [0.25, 0.3) is 0 Å². The van der Waals surface area contributed by atoms with Crippen molar-refractivity contribution in [2.24, 2.45) is 0 Å². The quantitative estimate of drug-likeness (QED) is 0.467. The van der Waals surface area contributed by atoms with Gasteiger partial charge >= 0.3 is 6.01 Å². The Morgan fingerprint density at radius 2 is 1.95 bits per heavy atom. The standard InChI is InChI=1S/C24H27FN6O5S/c1-37(32,33)17-11-15-4-9-31(22(15)18(25)12-17)20-13-21(27-14-26-20)35-16-5-7-30(8-6-16)24-28-23(29-36-24)19-3-2-10-34-19/h11-14,16,19H,2-10H2,1H3. The minimum atomic E-state index is -3.50. The lowest BCUT2D eigenvalue weighted by Gasteiger charge is -2.30. The van der Waals surface area contributed by atoms with Crippen LogP contribution in [0.5, 0.6) is 5.88 Å². The second-order valence-corrected chi connectivity index (χ2v) is 11.6. The molecule has 37 heavy (non-hydrogen) atoms. The number of fused-ring (bicyclic) bond motifs is 1. The predicted molar refractivity (Wildman–Crippen MR) is 130 cm³/mol. The number of aromatic nitrogens is 4. The number of benzene rings is 1. The molecule has 196 valence electrons. The van der Waals surface area contributed by atoms with Crippen molar-refractivity contribution in [1.82, 2.24) is 20.1 Å². The lowest BCUT2D eigenvalue weighted by Crippen LogP contribution is -2.38. The summed E-state index contributed by atoms with van der Waals surface area (Å²) in [6.07, 6.45) is 6.24. The van der Waals surface area contributed by atoms with Crippen molar-refractivity contribution in [3.8, 4) is 5.88 Å². The van der Waals surface area contributed by atoms with E-state index in [0.29, 0.717) is 60.8 Å². The summed E-state index contributed by atoms with van der Waals surface area (Å²) in [7, 11) is -3.50. The zero-order valence-electron chi connectivity index (χ0n) is 20.3. The van der Waals surface area contributed by atoms with Crippen molar-refractivity contribution in [2.75, 3.05) is 42.3 Å². The van der Waals surface area contributed by atoms with E-state index >= 15 is 0 Å². The number of anilines is 3. The second kappa shape index (κ2) is 9.53. The number of sulfone groups is 1. The van der Waals surface area contributed by atoms with Crippen molar-refractivity contribution in [2.45, 2.75) is 49.2 Å². The summed E-state index contributed by atoms with van der Waals surface area (Å²) in [5, 5.41) is 4.08. The number of hydrogen-bond acceptors (Lipinski definition) is 11. The minimum Gasteiger partial charge on any atom is -0.474 e. The Morgan fingerprint density at radius 3 is 2.70 bits per heavy atom. The third-order valence-electron chi connectivity index (χ3n) is 6.97. The highest BCUT2D eigenvalue weighted by Gasteiger charge is 2.30. The molecule has 0 bridgehead atoms. The lowest BCUT2D eigenvalue weighted by molar-refractivity contribution is 0.103. The van der Waals surface area contributed by atoms with Gasteiger partial charge in [-0.05, 0) is 37.0 Å². The first-order valence-corrected chi connectivity index (χ1v) is 14.2. The van der Waals surface area contributed by atoms with Crippen LogP contribution in [0.25, 0.3) is 0 Å². The summed E-state index contributed by atoms with van der Waals surface area (Å²) in [4.78, 5) is 16.8. The van der Waals surface area contributed by atoms with Crippen LogP contribution >= 0.6 is 0 Å². The van der Waals surface area contributed by atoms with E-state index in [-0.39, 0.29) is 17.1 Å². The molecule has 2 saturated heterocycles. The van der Waals surface area contributed by atoms with Crippen molar-refractivity contribution in [1.29, 1.82) is 0 Å². The van der Waals surface area contributed by atoms with Gasteiger partial charge in [-0.25, -0.2) is 22.8 Å². The van der Waals surface area contributed by atoms with E-state index in [2.05, 4.69) is 20.1 Å². The van der Waals surface area contributed by atoms with Crippen LogP contribution in [0.1, 0.15) is 43.2 Å². The molecule has 1 unspecified atom stereocenters. The van der Waals surface area contributed by atoms with E-state index in [1.165, 1.54) is 12.4 Å². The Balaban J connectivity index is 1.11. The number of ether oxygens (including phenoxy) is 2. The summed E-state index contributed by atoms with van der Waals surface area (Å²) in [5.41, 5.74) is 0.977. The van der Waals surface area contributed by atoms with Crippen LogP contribution in [0, 0.1) is 5.82 Å². The summed E-state index contributed by atoms with van der Waals surface area (Å²) in [5.74, 6) is 0.919. The molecular formula is C24H27FN6O5S. The van der Waals surface area contributed by atoms with E-state index in [1.807, 2.05) is 4.90 Å². The molecule has 3 aliphatic heterocycles. The summed E-state index contributed by atoms with van der Waals surface area (Å²) in [6, 6.07) is 4.79. The SMILES string of the molecule is CS(=O)(=O)c1cc(F)c2c(c1)CCN2c1cc(OC2CCN(c3nc(C4CCCO4)no3)CC2)ncn1. The van der Waals surface area contributed by atoms with Crippen LogP contribution in [-0.2, 0) is 21.0 Å². The zero-order chi connectivity index (χ0) is 25.6. The normalized spacial score (nSPS) is 20.4. The Bertz CT molecular complexity index is 1400. The molecule has 0 amide bonds. The highest BCUT2D eigenvalue weighted by atomic mass is 32.2. The first-order valence-electron chi connectivity index (χ1n) is 12.3. The van der Waals surface area contributed by atoms with E-state index < -0.39 is 15.7 Å². The first kappa shape index (κ1) is 24.0. The van der Waals surface area contributed by atoms with Crippen molar-refractivity contribution in [3.63, 3.8) is 0 Å². The van der Waals surface area contributed by atoms with Gasteiger partial charge in [-0.2, -0.15) is 4.98 Å². The van der Waals surface area contributed by atoms with Gasteiger partial charge in [-0.15, -0.1) is 0 Å². The largest absolute Gasteiger partial charge is 0.474 e. The van der Waals surface area contributed by atoms with Crippen LogP contribution in [0.4, 0.5) is 21.9 Å². The smallest absolute Gasteiger partial charge is 0.324 e. The molecule has 3 aromatic rings. The molecule has 5 heterocycles. The maximum Gasteiger partial charge on any atom is 0.324 e. The van der Waals surface area contributed by atoms with Crippen molar-refractivity contribution >= 4 is 27.4 Å². The van der Waals surface area contributed by atoms with Gasteiger partial charge in [-0.3, -0.25) is 0 Å². The Labute approximate surface area is 213 Å². The summed E-state index contributed by atoms with van der Waals surface area (Å²) in [6.45, 7) is 2.60. The fraction of sp³-hybridized carbons (Fsp3) is 0.500. The van der Waals surface area contributed by atoms with Gasteiger partial charge in [-0.1, -0.05) is 5.16 Å². The van der Waals surface area contributed by atoms with Gasteiger partial charge in [0, 0.05) is 51.4 Å². The highest BCUT2D eigenvalue weighted by molar-refractivity contribution is 7.90. The molecule has 0 aliphatic carbocycles. The summed E-state index contributed by atoms with van der Waals surface area (Å²) < 4.78 is 56.0. The third kappa shape index (κ3) is 4.85. The third-order valence-corrected chi connectivity index (χ3v) is 8.06. The Kier molecular flexibility index (Phi) is 6.19. The van der Waals surface area contributed by atoms with Crippen molar-refractivity contribution in [3.05, 3.63) is 41.7 Å². The molecule has 13 heteroatoms. The average Bonchev–Trinajstić information content (AvgIpc) is 3.65. The predicted octanol–water partition coefficient (Wildman–Crippen LogP) is 3.00. The van der Waals surface area contributed by atoms with Gasteiger partial charge in [0.05, 0.1) is 10.6 Å². The van der Waals surface area contributed by atoms with Crippen molar-refractivity contribution < 1.29 is 26.8 Å². The molecule has 0 radical (unpaired) electrons. The fourth-order valence-corrected chi connectivity index (χ4v) is 5.73. The summed E-state index contributed by atoms with van der Waals surface area (Å²) >= 11 is 0. The van der Waals surface area contributed by atoms with Crippen LogP contribution in [0.2, 0.25) is 0 Å². The van der Waals surface area contributed by atoms with E-state index in [0.717, 1.165) is 44.6 Å². The number of nitrogens with zero attached hydrogens (tertiary/aromatic N) is 6. The maximum absolute atomic E-state index is 14.9. The number of halogens is 1. The van der Waals surface area contributed by atoms with Crippen LogP contribution in [0.15, 0.2) is 33.9 Å². The molecule has 11 nitrogen and oxygen atoms in total. The molecule has 1 atom stereocenters. The van der Waals surface area contributed by atoms with Gasteiger partial charge < -0.3 is 23.8 Å². The minimum absolute atomic E-state index is 0.0210. The molecule has 1 aromatic carbocycles. The van der Waals surface area contributed by atoms with Gasteiger partial charge in [0.2, 0.25) is 11.7 Å². The van der Waals surface area contributed by atoms with Crippen LogP contribution < -0.4 is 14.5 Å². The topological polar surface area (TPSA) is 124 Å². The molecular weight excluding hydrogens is 503 g/mol. The Morgan fingerprint density at radius 1 is 1.11 bits per heavy atom. The fourth-order valence-electron chi connectivity index (χ4n) is 5.05. The maximum atomic E-state index is 14.9. The van der Waals surface area contributed by atoms with E-state index in [1.54, 1.807) is 11.0 Å². The highest BCUT2D eigenvalue weighted by Crippen LogP contribution is 2.38. The first-order chi connectivity index (χ1) is 17.8. The average molecular weight is 531 g/mol. The Hall–Kier alpha value is -3.32. The molecule has 0 N–H and O–H groups in total. The van der Waals surface area contributed by atoms with E-state index in [9.17, 15) is 12.8 Å². The van der Waals surface area contributed by atoms with Gasteiger partial charge in [0.1, 0.15) is 30.2 Å². The van der Waals surface area contributed by atoms with Gasteiger partial charge in [0.15, 0.2) is 9.84 Å². The number of rotatable bonds is 6. The number of hydrogen-bond donors (Lipinski definition) is 0. The lowest BCUT2D eigenvalue weighted by atomic mass is 10.1. The number of piperidine rings is 1. The monoisotopic (exact) mass is 530 g/mol. The second-order valence-electron chi connectivity index (χ2n) is 9.54. The molecule has 2 aromatic heterocycles. The van der Waals surface area contributed by atoms with Crippen LogP contribution in [-0.4, -0.2) is 67.1 Å². The molecule has 0 saturated carbocycles. The van der Waals surface area contributed by atoms with E-state index in [4.69, 9.17) is 14.0 Å². The van der Waals surface area contributed by atoms with Crippen LogP contribution in [0.3, 0.4) is 0 Å². The molecule has 0 spiro atoms.